The number of carboxylic acid groups (broad SMARTS) is 1. The van der Waals surface area contributed by atoms with Crippen molar-refractivity contribution in [1.29, 1.82) is 0 Å². The maximum absolute atomic E-state index is 11.2. The quantitative estimate of drug-likeness (QED) is 0.642. The lowest BCUT2D eigenvalue weighted by atomic mass is 9.98. The molecule has 0 saturated carbocycles. The fourth-order valence-electron chi connectivity index (χ4n) is 0.799. The first kappa shape index (κ1) is 13.7. The van der Waals surface area contributed by atoms with E-state index in [2.05, 4.69) is 24.5 Å². The van der Waals surface area contributed by atoms with Crippen molar-refractivity contribution in [2.24, 2.45) is 11.8 Å². The van der Waals surface area contributed by atoms with Crippen LogP contribution in [0.25, 0.3) is 0 Å². The van der Waals surface area contributed by atoms with E-state index < -0.39 is 18.0 Å². The molecule has 0 aromatic heterocycles. The van der Waals surface area contributed by atoms with Crippen molar-refractivity contribution in [3.8, 4) is 0 Å². The molecule has 2 unspecified atom stereocenters. The number of amides is 2. The van der Waals surface area contributed by atoms with Crippen LogP contribution in [-0.2, 0) is 4.79 Å². The summed E-state index contributed by atoms with van der Waals surface area (Å²) in [6.07, 6.45) is 0. The van der Waals surface area contributed by atoms with Crippen LogP contribution in [-0.4, -0.2) is 29.7 Å². The van der Waals surface area contributed by atoms with Gasteiger partial charge in [-0.05, 0) is 18.8 Å². The summed E-state index contributed by atoms with van der Waals surface area (Å²) >= 11 is 0. The molecule has 0 aliphatic heterocycles. The van der Waals surface area contributed by atoms with Crippen LogP contribution in [0, 0.1) is 11.8 Å². The van der Waals surface area contributed by atoms with Gasteiger partial charge in [0.25, 0.3) is 0 Å². The van der Waals surface area contributed by atoms with Crippen molar-refractivity contribution in [2.75, 3.05) is 6.54 Å². The number of carbonyl (C=O) groups is 2. The van der Waals surface area contributed by atoms with Crippen LogP contribution in [0.3, 0.4) is 0 Å². The molecule has 5 nitrogen and oxygen atoms in total. The van der Waals surface area contributed by atoms with Gasteiger partial charge in [0.1, 0.15) is 6.04 Å². The number of aliphatic carboxylic acids is 1. The Balaban J connectivity index is 3.80. The fourth-order valence-corrected chi connectivity index (χ4v) is 0.799. The Hall–Kier alpha value is -1.26. The van der Waals surface area contributed by atoms with Gasteiger partial charge in [0.2, 0.25) is 0 Å². The summed E-state index contributed by atoms with van der Waals surface area (Å²) in [5.74, 6) is -0.180. The van der Waals surface area contributed by atoms with Crippen LogP contribution in [0.5, 0.6) is 0 Å². The van der Waals surface area contributed by atoms with Crippen LogP contribution >= 0.6 is 0 Å². The van der Waals surface area contributed by atoms with Crippen molar-refractivity contribution in [3.05, 3.63) is 0 Å². The largest absolute Gasteiger partial charge is 0.480 e. The lowest BCUT2D eigenvalue weighted by molar-refractivity contribution is -0.138. The molecular formula is C10H20N2O3. The third-order valence-corrected chi connectivity index (χ3v) is 2.44. The standard InChI is InChI=1S/C10H20N2O3/c1-6(2)7(3)5-11-10(15)12-8(4)9(13)14/h6-8H,5H2,1-4H3,(H,13,14)(H2,11,12,15). The highest BCUT2D eigenvalue weighted by Gasteiger charge is 2.14. The van der Waals surface area contributed by atoms with Gasteiger partial charge in [-0.15, -0.1) is 0 Å². The van der Waals surface area contributed by atoms with Crippen molar-refractivity contribution >= 4 is 12.0 Å². The minimum absolute atomic E-state index is 0.371. The van der Waals surface area contributed by atoms with Crippen molar-refractivity contribution in [2.45, 2.75) is 33.7 Å². The predicted molar refractivity (Wildman–Crippen MR) is 57.6 cm³/mol. The van der Waals surface area contributed by atoms with Gasteiger partial charge in [-0.2, -0.15) is 0 Å². The zero-order valence-corrected chi connectivity index (χ0v) is 9.70. The molecule has 0 radical (unpaired) electrons. The fraction of sp³-hybridized carbons (Fsp3) is 0.800. The number of rotatable bonds is 5. The van der Waals surface area contributed by atoms with Gasteiger partial charge in [0, 0.05) is 6.54 Å². The number of hydrogen-bond acceptors (Lipinski definition) is 2. The molecule has 0 heterocycles. The topological polar surface area (TPSA) is 78.4 Å². The average Bonchev–Trinajstić information content (AvgIpc) is 2.13. The summed E-state index contributed by atoms with van der Waals surface area (Å²) in [7, 11) is 0. The molecule has 0 bridgehead atoms. The van der Waals surface area contributed by atoms with E-state index in [0.717, 1.165) is 0 Å². The second-order valence-electron chi connectivity index (χ2n) is 4.14. The lowest BCUT2D eigenvalue weighted by Gasteiger charge is -2.17. The van der Waals surface area contributed by atoms with E-state index in [1.54, 1.807) is 0 Å². The summed E-state index contributed by atoms with van der Waals surface area (Å²) < 4.78 is 0. The maximum Gasteiger partial charge on any atom is 0.325 e. The van der Waals surface area contributed by atoms with Gasteiger partial charge >= 0.3 is 12.0 Å². The highest BCUT2D eigenvalue weighted by Crippen LogP contribution is 2.07. The Kier molecular flexibility index (Phi) is 5.74. The van der Waals surface area contributed by atoms with E-state index in [0.29, 0.717) is 18.4 Å². The molecule has 15 heavy (non-hydrogen) atoms. The van der Waals surface area contributed by atoms with Gasteiger partial charge in [-0.3, -0.25) is 4.79 Å². The Bertz CT molecular complexity index is 229. The summed E-state index contributed by atoms with van der Waals surface area (Å²) in [5, 5.41) is 13.5. The molecule has 0 aliphatic rings. The Morgan fingerprint density at radius 1 is 1.20 bits per heavy atom. The van der Waals surface area contributed by atoms with Crippen LogP contribution in [0.15, 0.2) is 0 Å². The molecule has 3 N–H and O–H groups in total. The number of carbonyl (C=O) groups excluding carboxylic acids is 1. The Morgan fingerprint density at radius 2 is 1.73 bits per heavy atom. The summed E-state index contributed by atoms with van der Waals surface area (Å²) in [6, 6.07) is -1.29. The lowest BCUT2D eigenvalue weighted by Crippen LogP contribution is -2.45. The first-order chi connectivity index (χ1) is 6.84. The highest BCUT2D eigenvalue weighted by molar-refractivity contribution is 5.82. The predicted octanol–water partition coefficient (Wildman–Crippen LogP) is 1.05. The normalized spacial score (nSPS) is 14.5. The molecule has 5 heteroatoms. The third kappa shape index (κ3) is 5.93. The molecule has 88 valence electrons. The van der Waals surface area contributed by atoms with Gasteiger partial charge in [-0.1, -0.05) is 20.8 Å². The number of hydrogen-bond donors (Lipinski definition) is 3. The van der Waals surface area contributed by atoms with E-state index in [1.807, 2.05) is 6.92 Å². The molecule has 0 fully saturated rings. The first-order valence-electron chi connectivity index (χ1n) is 5.11. The van der Waals surface area contributed by atoms with E-state index in [-0.39, 0.29) is 0 Å². The zero-order valence-electron chi connectivity index (χ0n) is 9.70. The van der Waals surface area contributed by atoms with Gasteiger partial charge in [-0.25, -0.2) is 4.79 Å². The van der Waals surface area contributed by atoms with Crippen molar-refractivity contribution in [3.63, 3.8) is 0 Å². The smallest absolute Gasteiger partial charge is 0.325 e. The molecule has 0 rings (SSSR count). The molecule has 0 aliphatic carbocycles. The second kappa shape index (κ2) is 6.27. The van der Waals surface area contributed by atoms with Crippen LogP contribution in [0.2, 0.25) is 0 Å². The molecule has 0 aromatic rings. The molecular weight excluding hydrogens is 196 g/mol. The third-order valence-electron chi connectivity index (χ3n) is 2.44. The SMILES string of the molecule is CC(NC(=O)NCC(C)C(C)C)C(=O)O. The highest BCUT2D eigenvalue weighted by atomic mass is 16.4. The average molecular weight is 216 g/mol. The van der Waals surface area contributed by atoms with E-state index in [9.17, 15) is 9.59 Å². The Labute approximate surface area is 90.2 Å². The first-order valence-corrected chi connectivity index (χ1v) is 5.11. The summed E-state index contributed by atoms with van der Waals surface area (Å²) in [5.41, 5.74) is 0. The second-order valence-corrected chi connectivity index (χ2v) is 4.14. The van der Waals surface area contributed by atoms with E-state index in [4.69, 9.17) is 5.11 Å². The van der Waals surface area contributed by atoms with Gasteiger partial charge < -0.3 is 15.7 Å². The van der Waals surface area contributed by atoms with Crippen LogP contribution < -0.4 is 10.6 Å². The zero-order chi connectivity index (χ0) is 12.0. The molecule has 0 spiro atoms. The van der Waals surface area contributed by atoms with Crippen molar-refractivity contribution in [1.82, 2.24) is 10.6 Å². The number of urea groups is 1. The van der Waals surface area contributed by atoms with E-state index >= 15 is 0 Å². The van der Waals surface area contributed by atoms with E-state index in [1.165, 1.54) is 6.92 Å². The number of nitrogens with one attached hydrogen (secondary N) is 2. The van der Waals surface area contributed by atoms with Crippen LogP contribution in [0.4, 0.5) is 4.79 Å². The van der Waals surface area contributed by atoms with Crippen LogP contribution in [0.1, 0.15) is 27.7 Å². The molecule has 2 atom stereocenters. The minimum atomic E-state index is -1.04. The minimum Gasteiger partial charge on any atom is -0.480 e. The van der Waals surface area contributed by atoms with Gasteiger partial charge in [0.05, 0.1) is 0 Å². The molecule has 0 aromatic carbocycles. The van der Waals surface area contributed by atoms with Crippen molar-refractivity contribution < 1.29 is 14.7 Å². The monoisotopic (exact) mass is 216 g/mol. The number of carboxylic acids is 1. The molecule has 2 amide bonds. The summed E-state index contributed by atoms with van der Waals surface area (Å²) in [6.45, 7) is 8.16. The Morgan fingerprint density at radius 3 is 2.13 bits per heavy atom. The van der Waals surface area contributed by atoms with Gasteiger partial charge in [0.15, 0.2) is 0 Å². The molecule has 0 saturated heterocycles. The maximum atomic E-state index is 11.2. The summed E-state index contributed by atoms with van der Waals surface area (Å²) in [4.78, 5) is 21.6.